The Kier molecular flexibility index (Phi) is 9.74. The minimum atomic E-state index is 0.225. The van der Waals surface area contributed by atoms with Crippen LogP contribution in [0.25, 0.3) is 0 Å². The highest BCUT2D eigenvalue weighted by atomic mass is 16.5. The summed E-state index contributed by atoms with van der Waals surface area (Å²) < 4.78 is 10.1. The van der Waals surface area contributed by atoms with Crippen molar-refractivity contribution in [3.8, 4) is 0 Å². The molecule has 0 saturated heterocycles. The van der Waals surface area contributed by atoms with Gasteiger partial charge in [0, 0.05) is 46.6 Å². The van der Waals surface area contributed by atoms with Gasteiger partial charge >= 0.3 is 0 Å². The van der Waals surface area contributed by atoms with E-state index in [4.69, 9.17) is 15.2 Å². The molecule has 104 valence electrons. The molecule has 1 atom stereocenters. The van der Waals surface area contributed by atoms with Gasteiger partial charge in [-0.2, -0.15) is 0 Å². The Labute approximate surface area is 106 Å². The Balaban J connectivity index is 3.53. The summed E-state index contributed by atoms with van der Waals surface area (Å²) in [5.41, 5.74) is 6.27. The fourth-order valence-electron chi connectivity index (χ4n) is 1.65. The highest BCUT2D eigenvalue weighted by Crippen LogP contribution is 2.18. The summed E-state index contributed by atoms with van der Waals surface area (Å²) in [4.78, 5) is 0. The van der Waals surface area contributed by atoms with Crippen LogP contribution in [0.2, 0.25) is 0 Å². The largest absolute Gasteiger partial charge is 0.385 e. The summed E-state index contributed by atoms with van der Waals surface area (Å²) in [6.07, 6.45) is 3.11. The molecule has 0 aromatic rings. The Morgan fingerprint density at radius 3 is 2.41 bits per heavy atom. The Morgan fingerprint density at radius 2 is 1.82 bits per heavy atom. The van der Waals surface area contributed by atoms with Crippen molar-refractivity contribution >= 4 is 0 Å². The smallest absolute Gasteiger partial charge is 0.0467 e. The molecule has 3 N–H and O–H groups in total. The molecule has 0 rings (SSSR count). The quantitative estimate of drug-likeness (QED) is 0.541. The van der Waals surface area contributed by atoms with E-state index in [1.165, 1.54) is 0 Å². The van der Waals surface area contributed by atoms with E-state index in [2.05, 4.69) is 19.2 Å². The third-order valence-corrected chi connectivity index (χ3v) is 2.92. The highest BCUT2D eigenvalue weighted by Gasteiger charge is 2.17. The average molecular weight is 246 g/mol. The fourth-order valence-corrected chi connectivity index (χ4v) is 1.65. The molecule has 4 heteroatoms. The van der Waals surface area contributed by atoms with Gasteiger partial charge in [-0.15, -0.1) is 0 Å². The number of hydrogen-bond acceptors (Lipinski definition) is 4. The second kappa shape index (κ2) is 9.83. The number of nitrogens with one attached hydrogen (secondary N) is 1. The molecule has 0 amide bonds. The lowest BCUT2D eigenvalue weighted by molar-refractivity contribution is 0.150. The maximum absolute atomic E-state index is 6.00. The molecule has 0 bridgehead atoms. The first-order chi connectivity index (χ1) is 8.02. The molecular weight excluding hydrogens is 216 g/mol. The van der Waals surface area contributed by atoms with Gasteiger partial charge in [-0.1, -0.05) is 13.8 Å². The molecule has 0 aromatic heterocycles. The van der Waals surface area contributed by atoms with Crippen LogP contribution in [0.1, 0.15) is 33.1 Å². The molecule has 0 aliphatic carbocycles. The Hall–Kier alpha value is -0.160. The fraction of sp³-hybridized carbons (Fsp3) is 1.00. The molecule has 1 unspecified atom stereocenters. The van der Waals surface area contributed by atoms with Crippen molar-refractivity contribution in [1.82, 2.24) is 5.32 Å². The van der Waals surface area contributed by atoms with Gasteiger partial charge in [0.25, 0.3) is 0 Å². The van der Waals surface area contributed by atoms with E-state index in [0.717, 1.165) is 45.6 Å². The number of rotatable bonds is 11. The van der Waals surface area contributed by atoms with Gasteiger partial charge in [0.2, 0.25) is 0 Å². The van der Waals surface area contributed by atoms with E-state index in [9.17, 15) is 0 Å². The summed E-state index contributed by atoms with van der Waals surface area (Å²) in [6.45, 7) is 7.96. The van der Waals surface area contributed by atoms with Crippen LogP contribution in [0.15, 0.2) is 0 Å². The number of nitrogens with two attached hydrogens (primary N) is 1. The number of methoxy groups -OCH3 is 2. The zero-order chi connectivity index (χ0) is 13.1. The molecular formula is C13H30N2O2. The molecule has 0 aromatic carbocycles. The maximum Gasteiger partial charge on any atom is 0.0467 e. The molecule has 4 nitrogen and oxygen atoms in total. The predicted molar refractivity (Wildman–Crippen MR) is 72.2 cm³/mol. The van der Waals surface area contributed by atoms with Crippen LogP contribution in [0.5, 0.6) is 0 Å². The first kappa shape index (κ1) is 16.8. The molecule has 0 aliphatic heterocycles. The van der Waals surface area contributed by atoms with Gasteiger partial charge in [-0.25, -0.2) is 0 Å². The summed E-state index contributed by atoms with van der Waals surface area (Å²) in [5.74, 6) is 0. The SMILES string of the molecule is COCCCC(N)CNCC(C)(C)CCOC. The standard InChI is InChI=1S/C13H30N2O2/c1-13(2,7-9-17-4)11-15-10-12(14)6-5-8-16-3/h12,15H,5-11,14H2,1-4H3. The van der Waals surface area contributed by atoms with Gasteiger partial charge in [0.15, 0.2) is 0 Å². The van der Waals surface area contributed by atoms with Gasteiger partial charge in [-0.3, -0.25) is 0 Å². The van der Waals surface area contributed by atoms with Gasteiger partial charge in [0.05, 0.1) is 0 Å². The third kappa shape index (κ3) is 10.7. The van der Waals surface area contributed by atoms with E-state index in [0.29, 0.717) is 0 Å². The van der Waals surface area contributed by atoms with Gasteiger partial charge in [-0.05, 0) is 24.7 Å². The summed E-state index contributed by atoms with van der Waals surface area (Å²) in [5, 5.41) is 3.44. The molecule has 17 heavy (non-hydrogen) atoms. The Morgan fingerprint density at radius 1 is 1.18 bits per heavy atom. The van der Waals surface area contributed by atoms with Crippen molar-refractivity contribution in [1.29, 1.82) is 0 Å². The van der Waals surface area contributed by atoms with Crippen molar-refractivity contribution in [2.45, 2.75) is 39.2 Å². The summed E-state index contributed by atoms with van der Waals surface area (Å²) in [6, 6.07) is 0.225. The first-order valence-electron chi connectivity index (χ1n) is 6.46. The molecule has 0 radical (unpaired) electrons. The number of ether oxygens (including phenoxy) is 2. The monoisotopic (exact) mass is 246 g/mol. The van der Waals surface area contributed by atoms with Crippen LogP contribution in [-0.4, -0.2) is 46.6 Å². The van der Waals surface area contributed by atoms with Crippen molar-refractivity contribution in [2.24, 2.45) is 11.1 Å². The lowest BCUT2D eigenvalue weighted by Crippen LogP contribution is -2.39. The molecule has 0 aliphatic rings. The van der Waals surface area contributed by atoms with E-state index in [-0.39, 0.29) is 11.5 Å². The average Bonchev–Trinajstić information content (AvgIpc) is 2.26. The Bertz CT molecular complexity index is 175. The van der Waals surface area contributed by atoms with Crippen molar-refractivity contribution in [2.75, 3.05) is 40.5 Å². The highest BCUT2D eigenvalue weighted by molar-refractivity contribution is 4.73. The zero-order valence-electron chi connectivity index (χ0n) is 11.9. The molecule has 0 spiro atoms. The van der Waals surface area contributed by atoms with E-state index in [1.54, 1.807) is 14.2 Å². The second-order valence-electron chi connectivity index (χ2n) is 5.43. The topological polar surface area (TPSA) is 56.5 Å². The predicted octanol–water partition coefficient (Wildman–Crippen LogP) is 1.39. The normalized spacial score (nSPS) is 13.9. The van der Waals surface area contributed by atoms with Gasteiger partial charge in [0.1, 0.15) is 0 Å². The minimum Gasteiger partial charge on any atom is -0.385 e. The maximum atomic E-state index is 6.00. The van der Waals surface area contributed by atoms with Crippen molar-refractivity contribution < 1.29 is 9.47 Å². The van der Waals surface area contributed by atoms with Crippen molar-refractivity contribution in [3.63, 3.8) is 0 Å². The summed E-state index contributed by atoms with van der Waals surface area (Å²) in [7, 11) is 3.47. The van der Waals surface area contributed by atoms with Crippen molar-refractivity contribution in [3.05, 3.63) is 0 Å². The summed E-state index contributed by atoms with van der Waals surface area (Å²) >= 11 is 0. The molecule has 0 fully saturated rings. The van der Waals surface area contributed by atoms with Crippen LogP contribution in [0.4, 0.5) is 0 Å². The van der Waals surface area contributed by atoms with Crippen LogP contribution in [0, 0.1) is 5.41 Å². The molecule has 0 saturated carbocycles. The van der Waals surface area contributed by atoms with Crippen LogP contribution < -0.4 is 11.1 Å². The minimum absolute atomic E-state index is 0.225. The number of hydrogen-bond donors (Lipinski definition) is 2. The van der Waals surface area contributed by atoms with Crippen LogP contribution in [0.3, 0.4) is 0 Å². The van der Waals surface area contributed by atoms with Crippen LogP contribution >= 0.6 is 0 Å². The lowest BCUT2D eigenvalue weighted by Gasteiger charge is -2.25. The zero-order valence-corrected chi connectivity index (χ0v) is 11.9. The third-order valence-electron chi connectivity index (χ3n) is 2.92. The van der Waals surface area contributed by atoms with E-state index in [1.807, 2.05) is 0 Å². The van der Waals surface area contributed by atoms with Gasteiger partial charge < -0.3 is 20.5 Å². The first-order valence-corrected chi connectivity index (χ1v) is 6.46. The van der Waals surface area contributed by atoms with Crippen LogP contribution in [-0.2, 0) is 9.47 Å². The lowest BCUT2D eigenvalue weighted by atomic mass is 9.89. The second-order valence-corrected chi connectivity index (χ2v) is 5.43. The van der Waals surface area contributed by atoms with E-state index >= 15 is 0 Å². The van der Waals surface area contributed by atoms with E-state index < -0.39 is 0 Å². The molecule has 0 heterocycles.